The standard InChI is InChI=1S/C18H17FO2/c1-2-3-4-5-14-6-8-15(9-7-14)18(20)21-17-12-10-16(19)11-13-17/h2,6-13H,1,3-5H2. The van der Waals surface area contributed by atoms with E-state index in [9.17, 15) is 9.18 Å². The van der Waals surface area contributed by atoms with Gasteiger partial charge in [-0.3, -0.25) is 0 Å². The molecule has 0 aliphatic rings. The second-order valence-electron chi connectivity index (χ2n) is 4.72. The predicted molar refractivity (Wildman–Crippen MR) is 80.9 cm³/mol. The van der Waals surface area contributed by atoms with Crippen molar-refractivity contribution in [3.8, 4) is 5.75 Å². The monoisotopic (exact) mass is 284 g/mol. The second-order valence-corrected chi connectivity index (χ2v) is 4.72. The number of ether oxygens (including phenoxy) is 1. The number of aryl methyl sites for hydroxylation is 1. The van der Waals surface area contributed by atoms with E-state index in [1.165, 1.54) is 29.8 Å². The number of halogens is 1. The highest BCUT2D eigenvalue weighted by Crippen LogP contribution is 2.14. The molecule has 0 heterocycles. The van der Waals surface area contributed by atoms with E-state index in [2.05, 4.69) is 6.58 Å². The number of carbonyl (C=O) groups excluding carboxylic acids is 1. The lowest BCUT2D eigenvalue weighted by Gasteiger charge is -2.05. The minimum Gasteiger partial charge on any atom is -0.423 e. The Kier molecular flexibility index (Phi) is 5.27. The molecule has 0 amide bonds. The summed E-state index contributed by atoms with van der Waals surface area (Å²) in [5.41, 5.74) is 1.65. The van der Waals surface area contributed by atoms with Gasteiger partial charge in [-0.15, -0.1) is 6.58 Å². The molecule has 2 rings (SSSR count). The van der Waals surface area contributed by atoms with Crippen LogP contribution in [-0.4, -0.2) is 5.97 Å². The number of hydrogen-bond donors (Lipinski definition) is 0. The number of carbonyl (C=O) groups is 1. The summed E-state index contributed by atoms with van der Waals surface area (Å²) in [6, 6.07) is 12.7. The van der Waals surface area contributed by atoms with Crippen molar-refractivity contribution in [1.29, 1.82) is 0 Å². The number of esters is 1. The first-order valence-corrected chi connectivity index (χ1v) is 6.86. The highest BCUT2D eigenvalue weighted by atomic mass is 19.1. The lowest BCUT2D eigenvalue weighted by atomic mass is 10.1. The minimum atomic E-state index is -0.445. The van der Waals surface area contributed by atoms with Crippen molar-refractivity contribution >= 4 is 5.97 Å². The molecule has 0 unspecified atom stereocenters. The number of benzene rings is 2. The van der Waals surface area contributed by atoms with Gasteiger partial charge in [0.25, 0.3) is 0 Å². The molecule has 0 aliphatic carbocycles. The number of hydrogen-bond acceptors (Lipinski definition) is 2. The van der Waals surface area contributed by atoms with Crippen LogP contribution in [0.3, 0.4) is 0 Å². The van der Waals surface area contributed by atoms with E-state index in [-0.39, 0.29) is 5.82 Å². The Morgan fingerprint density at radius 2 is 1.76 bits per heavy atom. The summed E-state index contributed by atoms with van der Waals surface area (Å²) in [6.07, 6.45) is 4.88. The Morgan fingerprint density at radius 3 is 2.38 bits per heavy atom. The van der Waals surface area contributed by atoms with Crippen molar-refractivity contribution in [2.45, 2.75) is 19.3 Å². The zero-order valence-electron chi connectivity index (χ0n) is 11.7. The molecule has 3 heteroatoms. The lowest BCUT2D eigenvalue weighted by Crippen LogP contribution is -2.08. The van der Waals surface area contributed by atoms with Crippen molar-refractivity contribution in [2.75, 3.05) is 0 Å². The molecule has 0 fully saturated rings. The number of rotatable bonds is 6. The predicted octanol–water partition coefficient (Wildman–Crippen LogP) is 4.55. The lowest BCUT2D eigenvalue weighted by molar-refractivity contribution is 0.0734. The topological polar surface area (TPSA) is 26.3 Å². The SMILES string of the molecule is C=CCCCc1ccc(C(=O)Oc2ccc(F)cc2)cc1. The molecule has 21 heavy (non-hydrogen) atoms. The summed E-state index contributed by atoms with van der Waals surface area (Å²) in [4.78, 5) is 11.9. The second kappa shape index (κ2) is 7.39. The fourth-order valence-corrected chi connectivity index (χ4v) is 1.93. The number of allylic oxidation sites excluding steroid dienone is 1. The van der Waals surface area contributed by atoms with Crippen LogP contribution in [0.1, 0.15) is 28.8 Å². The third-order valence-corrected chi connectivity index (χ3v) is 3.09. The van der Waals surface area contributed by atoms with Crippen molar-refractivity contribution in [1.82, 2.24) is 0 Å². The Bertz CT molecular complexity index is 600. The molecule has 0 saturated carbocycles. The molecule has 0 aliphatic heterocycles. The Balaban J connectivity index is 1.96. The molecule has 0 N–H and O–H groups in total. The van der Waals surface area contributed by atoms with Gasteiger partial charge in [-0.2, -0.15) is 0 Å². The van der Waals surface area contributed by atoms with Crippen LogP contribution >= 0.6 is 0 Å². The summed E-state index contributed by atoms with van der Waals surface area (Å²) < 4.78 is 17.9. The first-order valence-electron chi connectivity index (χ1n) is 6.86. The summed E-state index contributed by atoms with van der Waals surface area (Å²) in [5, 5.41) is 0. The van der Waals surface area contributed by atoms with Gasteiger partial charge < -0.3 is 4.74 Å². The van der Waals surface area contributed by atoms with E-state index >= 15 is 0 Å². The molecule has 0 spiro atoms. The molecular formula is C18H17FO2. The molecular weight excluding hydrogens is 267 g/mol. The van der Waals surface area contributed by atoms with E-state index in [1.54, 1.807) is 12.1 Å². The molecule has 0 aromatic heterocycles. The quantitative estimate of drug-likeness (QED) is 0.336. The van der Waals surface area contributed by atoms with Gasteiger partial charge in [0, 0.05) is 0 Å². The molecule has 2 nitrogen and oxygen atoms in total. The van der Waals surface area contributed by atoms with Crippen LogP contribution in [0.25, 0.3) is 0 Å². The summed E-state index contributed by atoms with van der Waals surface area (Å²) in [5.74, 6) is -0.477. The summed E-state index contributed by atoms with van der Waals surface area (Å²) >= 11 is 0. The molecule has 0 radical (unpaired) electrons. The number of unbranched alkanes of at least 4 members (excludes halogenated alkanes) is 1. The largest absolute Gasteiger partial charge is 0.423 e. The van der Waals surface area contributed by atoms with Crippen LogP contribution in [0.2, 0.25) is 0 Å². The van der Waals surface area contributed by atoms with Gasteiger partial charge in [0.1, 0.15) is 11.6 Å². The maximum absolute atomic E-state index is 12.8. The Hall–Kier alpha value is -2.42. The van der Waals surface area contributed by atoms with E-state index in [0.717, 1.165) is 19.3 Å². The highest BCUT2D eigenvalue weighted by molar-refractivity contribution is 5.91. The molecule has 0 saturated heterocycles. The van der Waals surface area contributed by atoms with Crippen molar-refractivity contribution in [3.63, 3.8) is 0 Å². The molecule has 0 atom stereocenters. The van der Waals surface area contributed by atoms with Crippen molar-refractivity contribution < 1.29 is 13.9 Å². The average Bonchev–Trinajstić information content (AvgIpc) is 2.50. The van der Waals surface area contributed by atoms with Gasteiger partial charge in [-0.05, 0) is 61.2 Å². The molecule has 2 aromatic carbocycles. The average molecular weight is 284 g/mol. The van der Waals surface area contributed by atoms with Gasteiger partial charge in [-0.1, -0.05) is 18.2 Å². The third kappa shape index (κ3) is 4.56. The normalized spacial score (nSPS) is 10.1. The summed E-state index contributed by atoms with van der Waals surface area (Å²) in [7, 11) is 0. The van der Waals surface area contributed by atoms with Gasteiger partial charge in [0.2, 0.25) is 0 Å². The van der Waals surface area contributed by atoms with Crippen molar-refractivity contribution in [3.05, 3.63) is 78.1 Å². The van der Waals surface area contributed by atoms with Crippen LogP contribution in [0.5, 0.6) is 5.75 Å². The van der Waals surface area contributed by atoms with Crippen LogP contribution in [0.15, 0.2) is 61.2 Å². The van der Waals surface area contributed by atoms with Gasteiger partial charge in [0.05, 0.1) is 5.56 Å². The van der Waals surface area contributed by atoms with Crippen LogP contribution in [0.4, 0.5) is 4.39 Å². The molecule has 108 valence electrons. The summed E-state index contributed by atoms with van der Waals surface area (Å²) in [6.45, 7) is 3.69. The Morgan fingerprint density at radius 1 is 1.10 bits per heavy atom. The highest BCUT2D eigenvalue weighted by Gasteiger charge is 2.08. The van der Waals surface area contributed by atoms with E-state index in [0.29, 0.717) is 11.3 Å². The smallest absolute Gasteiger partial charge is 0.343 e. The molecule has 0 bridgehead atoms. The first kappa shape index (κ1) is 15.0. The third-order valence-electron chi connectivity index (χ3n) is 3.09. The van der Waals surface area contributed by atoms with Crippen LogP contribution in [-0.2, 0) is 6.42 Å². The van der Waals surface area contributed by atoms with Gasteiger partial charge >= 0.3 is 5.97 Å². The van der Waals surface area contributed by atoms with Gasteiger partial charge in [0.15, 0.2) is 0 Å². The van der Waals surface area contributed by atoms with Crippen molar-refractivity contribution in [2.24, 2.45) is 0 Å². The zero-order valence-corrected chi connectivity index (χ0v) is 11.7. The van der Waals surface area contributed by atoms with E-state index < -0.39 is 5.97 Å². The maximum atomic E-state index is 12.8. The van der Waals surface area contributed by atoms with Gasteiger partial charge in [-0.25, -0.2) is 9.18 Å². The van der Waals surface area contributed by atoms with Crippen LogP contribution in [0, 0.1) is 5.82 Å². The fraction of sp³-hybridized carbons (Fsp3) is 0.167. The van der Waals surface area contributed by atoms with E-state index in [4.69, 9.17) is 4.74 Å². The fourth-order valence-electron chi connectivity index (χ4n) is 1.93. The zero-order chi connectivity index (χ0) is 15.1. The van der Waals surface area contributed by atoms with E-state index in [1.807, 2.05) is 18.2 Å². The molecule has 2 aromatic rings. The first-order chi connectivity index (χ1) is 10.2. The Labute approximate surface area is 123 Å². The maximum Gasteiger partial charge on any atom is 0.343 e. The minimum absolute atomic E-state index is 0.330. The van der Waals surface area contributed by atoms with Crippen LogP contribution < -0.4 is 4.74 Å².